The van der Waals surface area contributed by atoms with Crippen molar-refractivity contribution in [3.8, 4) is 0 Å². The zero-order chi connectivity index (χ0) is 20.1. The second-order valence-electron chi connectivity index (χ2n) is 6.27. The Kier molecular flexibility index (Phi) is 5.69. The molecular weight excluding hydrogens is 360 g/mol. The lowest BCUT2D eigenvalue weighted by Gasteiger charge is -2.07. The summed E-state index contributed by atoms with van der Waals surface area (Å²) in [6, 6.07) is 12.0. The monoisotopic (exact) mass is 380 g/mol. The highest BCUT2D eigenvalue weighted by Gasteiger charge is 2.11. The fourth-order valence-electron chi connectivity index (χ4n) is 2.88. The molecule has 0 aliphatic heterocycles. The van der Waals surface area contributed by atoms with Crippen molar-refractivity contribution < 1.29 is 19.5 Å². The molecule has 0 radical (unpaired) electrons. The van der Waals surface area contributed by atoms with Gasteiger partial charge in [-0.3, -0.25) is 14.4 Å². The minimum Gasteiger partial charge on any atom is -0.480 e. The Balaban J connectivity index is 1.57. The van der Waals surface area contributed by atoms with E-state index >= 15 is 0 Å². The molecule has 0 aliphatic carbocycles. The number of pyridine rings is 1. The predicted octanol–water partition coefficient (Wildman–Crippen LogP) is 2.03. The molecule has 0 saturated carbocycles. The summed E-state index contributed by atoms with van der Waals surface area (Å²) in [5, 5.41) is 13.7. The number of benzene rings is 1. The SMILES string of the molecule is Cc1nc2ccccn2c1CCC(=O)Nc1ccc(C(=O)NCC(=O)O)cc1. The first kappa shape index (κ1) is 19.1. The molecule has 1 aromatic carbocycles. The van der Waals surface area contributed by atoms with Crippen LogP contribution < -0.4 is 10.6 Å². The lowest BCUT2D eigenvalue weighted by Crippen LogP contribution is -2.29. The van der Waals surface area contributed by atoms with Gasteiger partial charge in [-0.1, -0.05) is 6.07 Å². The molecule has 0 unspecified atom stereocenters. The average Bonchev–Trinajstić information content (AvgIpc) is 3.00. The summed E-state index contributed by atoms with van der Waals surface area (Å²) in [6.45, 7) is 1.48. The van der Waals surface area contributed by atoms with Crippen molar-refractivity contribution in [2.45, 2.75) is 19.8 Å². The van der Waals surface area contributed by atoms with Crippen LogP contribution in [-0.4, -0.2) is 38.8 Å². The van der Waals surface area contributed by atoms with Crippen molar-refractivity contribution in [1.29, 1.82) is 0 Å². The summed E-state index contributed by atoms with van der Waals surface area (Å²) in [6.07, 6.45) is 2.78. The van der Waals surface area contributed by atoms with Crippen molar-refractivity contribution in [3.05, 3.63) is 65.6 Å². The van der Waals surface area contributed by atoms with Gasteiger partial charge in [-0.25, -0.2) is 4.98 Å². The molecule has 3 rings (SSSR count). The molecule has 0 bridgehead atoms. The quantitative estimate of drug-likeness (QED) is 0.580. The molecule has 28 heavy (non-hydrogen) atoms. The normalized spacial score (nSPS) is 10.6. The molecule has 2 aromatic heterocycles. The van der Waals surface area contributed by atoms with Crippen molar-refractivity contribution >= 4 is 29.1 Å². The van der Waals surface area contributed by atoms with E-state index in [1.165, 1.54) is 12.1 Å². The lowest BCUT2D eigenvalue weighted by atomic mass is 10.1. The number of imidazole rings is 1. The number of carbonyl (C=O) groups is 3. The Morgan fingerprint density at radius 3 is 2.57 bits per heavy atom. The summed E-state index contributed by atoms with van der Waals surface area (Å²) >= 11 is 0. The molecule has 8 heteroatoms. The Bertz CT molecular complexity index is 1020. The van der Waals surface area contributed by atoms with Gasteiger partial charge in [-0.15, -0.1) is 0 Å². The molecular formula is C20H20N4O4. The molecule has 8 nitrogen and oxygen atoms in total. The van der Waals surface area contributed by atoms with E-state index < -0.39 is 18.4 Å². The summed E-state index contributed by atoms with van der Waals surface area (Å²) in [4.78, 5) is 39.0. The van der Waals surface area contributed by atoms with E-state index in [1.807, 2.05) is 35.7 Å². The van der Waals surface area contributed by atoms with Crippen LogP contribution in [0.25, 0.3) is 5.65 Å². The molecule has 0 saturated heterocycles. The van der Waals surface area contributed by atoms with E-state index in [4.69, 9.17) is 5.11 Å². The summed E-state index contributed by atoms with van der Waals surface area (Å²) < 4.78 is 1.98. The number of carboxylic acid groups (broad SMARTS) is 1. The van der Waals surface area contributed by atoms with Gasteiger partial charge < -0.3 is 20.1 Å². The first-order valence-electron chi connectivity index (χ1n) is 8.76. The van der Waals surface area contributed by atoms with Crippen LogP contribution in [0.3, 0.4) is 0 Å². The predicted molar refractivity (Wildman–Crippen MR) is 103 cm³/mol. The Morgan fingerprint density at radius 2 is 1.86 bits per heavy atom. The maximum Gasteiger partial charge on any atom is 0.322 e. The van der Waals surface area contributed by atoms with E-state index in [0.717, 1.165) is 17.0 Å². The van der Waals surface area contributed by atoms with Gasteiger partial charge in [0, 0.05) is 29.6 Å². The summed E-state index contributed by atoms with van der Waals surface area (Å²) in [5.41, 5.74) is 3.63. The van der Waals surface area contributed by atoms with Crippen LogP contribution in [0.5, 0.6) is 0 Å². The van der Waals surface area contributed by atoms with Gasteiger partial charge in [0.05, 0.1) is 5.69 Å². The average molecular weight is 380 g/mol. The van der Waals surface area contributed by atoms with E-state index in [9.17, 15) is 14.4 Å². The topological polar surface area (TPSA) is 113 Å². The number of amides is 2. The van der Waals surface area contributed by atoms with Gasteiger partial charge in [-0.05, 0) is 49.7 Å². The molecule has 0 spiro atoms. The van der Waals surface area contributed by atoms with Crippen LogP contribution in [-0.2, 0) is 16.0 Å². The van der Waals surface area contributed by atoms with Crippen LogP contribution in [0.1, 0.15) is 28.2 Å². The van der Waals surface area contributed by atoms with E-state index in [-0.39, 0.29) is 5.91 Å². The third-order valence-corrected chi connectivity index (χ3v) is 4.25. The first-order valence-corrected chi connectivity index (χ1v) is 8.76. The van der Waals surface area contributed by atoms with Crippen LogP contribution >= 0.6 is 0 Å². The number of nitrogens with one attached hydrogen (secondary N) is 2. The van der Waals surface area contributed by atoms with Crippen LogP contribution in [0.2, 0.25) is 0 Å². The van der Waals surface area contributed by atoms with Crippen LogP contribution in [0, 0.1) is 6.92 Å². The lowest BCUT2D eigenvalue weighted by molar-refractivity contribution is -0.135. The maximum absolute atomic E-state index is 12.3. The Morgan fingerprint density at radius 1 is 1.11 bits per heavy atom. The number of hydrogen-bond donors (Lipinski definition) is 3. The number of anilines is 1. The minimum absolute atomic E-state index is 0.145. The second-order valence-corrected chi connectivity index (χ2v) is 6.27. The Labute approximate surface area is 161 Å². The minimum atomic E-state index is -1.11. The van der Waals surface area contributed by atoms with Crippen molar-refractivity contribution in [3.63, 3.8) is 0 Å². The molecule has 2 heterocycles. The molecule has 144 valence electrons. The number of aliphatic carboxylic acids is 1. The zero-order valence-corrected chi connectivity index (χ0v) is 15.3. The maximum atomic E-state index is 12.3. The second kappa shape index (κ2) is 8.34. The van der Waals surface area contributed by atoms with Crippen molar-refractivity contribution in [1.82, 2.24) is 14.7 Å². The molecule has 0 atom stereocenters. The fourth-order valence-corrected chi connectivity index (χ4v) is 2.88. The molecule has 3 N–H and O–H groups in total. The highest BCUT2D eigenvalue weighted by molar-refractivity contribution is 5.97. The van der Waals surface area contributed by atoms with E-state index in [0.29, 0.717) is 24.1 Å². The Hall–Kier alpha value is -3.68. The van der Waals surface area contributed by atoms with Crippen molar-refractivity contribution in [2.75, 3.05) is 11.9 Å². The number of fused-ring (bicyclic) bond motifs is 1. The van der Waals surface area contributed by atoms with Gasteiger partial charge in [0.15, 0.2) is 0 Å². The smallest absolute Gasteiger partial charge is 0.322 e. The van der Waals surface area contributed by atoms with E-state index in [1.54, 1.807) is 12.1 Å². The number of rotatable bonds is 7. The number of hydrogen-bond acceptors (Lipinski definition) is 4. The number of aryl methyl sites for hydroxylation is 2. The van der Waals surface area contributed by atoms with E-state index in [2.05, 4.69) is 15.6 Å². The van der Waals surface area contributed by atoms with Gasteiger partial charge in [0.2, 0.25) is 5.91 Å². The summed E-state index contributed by atoms with van der Waals surface area (Å²) in [5.74, 6) is -1.74. The number of aromatic nitrogens is 2. The highest BCUT2D eigenvalue weighted by atomic mass is 16.4. The van der Waals surface area contributed by atoms with Crippen LogP contribution in [0.4, 0.5) is 5.69 Å². The third kappa shape index (κ3) is 4.53. The van der Waals surface area contributed by atoms with Gasteiger partial charge >= 0.3 is 5.97 Å². The van der Waals surface area contributed by atoms with Gasteiger partial charge in [0.25, 0.3) is 5.91 Å². The standard InChI is InChI=1S/C20H20N4O4/c1-13-16(24-11-3-2-4-17(24)22-13)9-10-18(25)23-15-7-5-14(6-8-15)20(28)21-12-19(26)27/h2-8,11H,9-10,12H2,1H3,(H,21,28)(H,23,25)(H,26,27). The molecule has 2 amide bonds. The number of carboxylic acids is 1. The summed E-state index contributed by atoms with van der Waals surface area (Å²) in [7, 11) is 0. The molecule has 0 fully saturated rings. The number of nitrogens with zero attached hydrogens (tertiary/aromatic N) is 2. The molecule has 3 aromatic rings. The van der Waals surface area contributed by atoms with Crippen LogP contribution in [0.15, 0.2) is 48.7 Å². The number of carbonyl (C=O) groups excluding carboxylic acids is 2. The largest absolute Gasteiger partial charge is 0.480 e. The fraction of sp³-hybridized carbons (Fsp3) is 0.200. The highest BCUT2D eigenvalue weighted by Crippen LogP contribution is 2.15. The van der Waals surface area contributed by atoms with Crippen molar-refractivity contribution in [2.24, 2.45) is 0 Å². The third-order valence-electron chi connectivity index (χ3n) is 4.25. The molecule has 0 aliphatic rings. The van der Waals surface area contributed by atoms with Gasteiger partial charge in [-0.2, -0.15) is 0 Å². The van der Waals surface area contributed by atoms with Gasteiger partial charge in [0.1, 0.15) is 12.2 Å². The first-order chi connectivity index (χ1) is 13.4. The zero-order valence-electron chi connectivity index (χ0n) is 15.3.